The molecule has 0 aliphatic heterocycles. The molecule has 0 saturated heterocycles. The van der Waals surface area contributed by atoms with Crippen molar-refractivity contribution in [2.75, 3.05) is 5.73 Å². The topological polar surface area (TPSA) is 51.8 Å². The number of nitrogens with zero attached hydrogens (tertiary/aromatic N) is 2. The fourth-order valence-electron chi connectivity index (χ4n) is 0.350. The summed E-state index contributed by atoms with van der Waals surface area (Å²) >= 11 is 10.8. The molecule has 0 unspecified atom stereocenters. The first-order chi connectivity index (χ1) is 4.20. The van der Waals surface area contributed by atoms with Gasteiger partial charge in [-0.1, -0.05) is 11.6 Å². The molecule has 0 aliphatic carbocycles. The zero-order valence-corrected chi connectivity index (χ0v) is 7.04. The molecule has 0 aromatic carbocycles. The molecule has 3 nitrogen and oxygen atoms in total. The van der Waals surface area contributed by atoms with Gasteiger partial charge < -0.3 is 5.73 Å². The van der Waals surface area contributed by atoms with Crippen LogP contribution in [0.25, 0.3) is 0 Å². The predicted octanol–water partition coefficient (Wildman–Crippen LogP) is 1.79. The second-order valence-electron chi connectivity index (χ2n) is 1.39. The third kappa shape index (κ3) is 2.17. The monoisotopic (exact) mass is 199 g/mol. The van der Waals surface area contributed by atoms with Crippen LogP contribution in [0.1, 0.15) is 0 Å². The highest BCUT2D eigenvalue weighted by Gasteiger charge is 1.96. The average Bonchev–Trinajstić information content (AvgIpc) is 1.80. The fraction of sp³-hybridized carbons (Fsp3) is 0. The molecule has 0 atom stereocenters. The Balaban J connectivity index is 0.000000810. The molecule has 56 valence electrons. The van der Waals surface area contributed by atoms with Crippen LogP contribution in [0.15, 0.2) is 6.20 Å². The lowest BCUT2D eigenvalue weighted by molar-refractivity contribution is 1.17. The minimum absolute atomic E-state index is 0. The second kappa shape index (κ2) is 3.81. The number of nitrogens with two attached hydrogens (primary N) is 1. The summed E-state index contributed by atoms with van der Waals surface area (Å²) in [5, 5.41) is 0.296. The van der Waals surface area contributed by atoms with Crippen LogP contribution in [0, 0.1) is 0 Å². The van der Waals surface area contributed by atoms with Crippen molar-refractivity contribution in [3.8, 4) is 0 Å². The van der Waals surface area contributed by atoms with Gasteiger partial charge >= 0.3 is 0 Å². The lowest BCUT2D eigenvalue weighted by atomic mass is 10.6. The molecular weight excluding hydrogens is 196 g/mol. The second-order valence-corrected chi connectivity index (χ2v) is 2.08. The number of aromatic nitrogens is 2. The van der Waals surface area contributed by atoms with Gasteiger partial charge in [0.15, 0.2) is 5.15 Å². The molecule has 0 saturated carbocycles. The summed E-state index contributed by atoms with van der Waals surface area (Å²) in [5.74, 6) is 0. The van der Waals surface area contributed by atoms with Crippen molar-refractivity contribution in [3.63, 3.8) is 0 Å². The summed E-state index contributed by atoms with van der Waals surface area (Å²) in [6.45, 7) is 0. The normalized spacial score (nSPS) is 8.60. The van der Waals surface area contributed by atoms with Gasteiger partial charge in [0.05, 0.1) is 11.9 Å². The van der Waals surface area contributed by atoms with Crippen molar-refractivity contribution in [1.82, 2.24) is 9.97 Å². The Labute approximate surface area is 74.0 Å². The van der Waals surface area contributed by atoms with Crippen molar-refractivity contribution in [3.05, 3.63) is 16.6 Å². The van der Waals surface area contributed by atoms with Crippen LogP contribution in [0.5, 0.6) is 0 Å². The van der Waals surface area contributed by atoms with E-state index in [1.54, 1.807) is 0 Å². The highest BCUT2D eigenvalue weighted by Crippen LogP contribution is 2.14. The van der Waals surface area contributed by atoms with E-state index in [2.05, 4.69) is 9.97 Å². The Bertz CT molecular complexity index is 227. The van der Waals surface area contributed by atoms with Gasteiger partial charge in [0, 0.05) is 0 Å². The quantitative estimate of drug-likeness (QED) is 0.513. The fourth-order valence-corrected chi connectivity index (χ4v) is 0.656. The summed E-state index contributed by atoms with van der Waals surface area (Å²) in [4.78, 5) is 7.15. The zero-order valence-electron chi connectivity index (χ0n) is 4.71. The first kappa shape index (κ1) is 9.75. The highest BCUT2D eigenvalue weighted by molar-refractivity contribution is 6.33. The molecule has 0 fully saturated rings. The predicted molar refractivity (Wildman–Crippen MR) is 43.7 cm³/mol. The van der Waals surface area contributed by atoms with Crippen LogP contribution in [-0.2, 0) is 0 Å². The summed E-state index contributed by atoms with van der Waals surface area (Å²) in [6.07, 6.45) is 1.36. The Morgan fingerprint density at radius 3 is 2.40 bits per heavy atom. The molecule has 2 N–H and O–H groups in total. The Morgan fingerprint density at radius 2 is 2.00 bits per heavy atom. The lowest BCUT2D eigenvalue weighted by Gasteiger charge is -1.92. The van der Waals surface area contributed by atoms with Crippen LogP contribution in [0.2, 0.25) is 10.4 Å². The van der Waals surface area contributed by atoms with E-state index in [1.165, 1.54) is 6.20 Å². The van der Waals surface area contributed by atoms with Crippen LogP contribution in [-0.4, -0.2) is 9.97 Å². The molecule has 0 radical (unpaired) electrons. The molecule has 0 aliphatic rings. The van der Waals surface area contributed by atoms with Gasteiger partial charge in [-0.2, -0.15) is 0 Å². The lowest BCUT2D eigenvalue weighted by Crippen LogP contribution is -1.90. The van der Waals surface area contributed by atoms with Crippen LogP contribution in [0.4, 0.5) is 5.69 Å². The Kier molecular flexibility index (Phi) is 3.71. The maximum Gasteiger partial charge on any atom is 0.223 e. The first-order valence-corrected chi connectivity index (χ1v) is 2.89. The maximum atomic E-state index is 5.45. The van der Waals surface area contributed by atoms with Gasteiger partial charge in [0.1, 0.15) is 0 Å². The van der Waals surface area contributed by atoms with Gasteiger partial charge in [-0.05, 0) is 11.6 Å². The van der Waals surface area contributed by atoms with Crippen molar-refractivity contribution in [2.45, 2.75) is 0 Å². The van der Waals surface area contributed by atoms with Crippen molar-refractivity contribution in [1.29, 1.82) is 0 Å². The maximum absolute atomic E-state index is 5.45. The molecule has 1 rings (SSSR count). The SMILES string of the molecule is Cl.Nc1cnc(Cl)nc1Cl. The Hall–Kier alpha value is -0.250. The minimum atomic E-state index is 0. The van der Waals surface area contributed by atoms with E-state index in [0.29, 0.717) is 5.69 Å². The zero-order chi connectivity index (χ0) is 6.85. The standard InChI is InChI=1S/C4H3Cl2N3.ClH/c5-3-2(7)1-8-4(6)9-3;/h1H,7H2;1H. The van der Waals surface area contributed by atoms with Crippen molar-refractivity contribution < 1.29 is 0 Å². The summed E-state index contributed by atoms with van der Waals surface area (Å²) in [6, 6.07) is 0. The number of nitrogen functional groups attached to an aromatic ring is 1. The van der Waals surface area contributed by atoms with Gasteiger partial charge in [-0.3, -0.25) is 0 Å². The smallest absolute Gasteiger partial charge is 0.223 e. The number of hydrogen-bond donors (Lipinski definition) is 1. The van der Waals surface area contributed by atoms with E-state index in [0.717, 1.165) is 0 Å². The third-order valence-corrected chi connectivity index (χ3v) is 1.22. The molecule has 0 spiro atoms. The minimum Gasteiger partial charge on any atom is -0.395 e. The van der Waals surface area contributed by atoms with E-state index in [1.807, 2.05) is 0 Å². The number of halogens is 3. The number of rotatable bonds is 0. The van der Waals surface area contributed by atoms with Gasteiger partial charge in [-0.15, -0.1) is 12.4 Å². The van der Waals surface area contributed by atoms with Gasteiger partial charge in [0.25, 0.3) is 0 Å². The van der Waals surface area contributed by atoms with E-state index in [-0.39, 0.29) is 22.8 Å². The molecule has 10 heavy (non-hydrogen) atoms. The highest BCUT2D eigenvalue weighted by atomic mass is 35.5. The summed E-state index contributed by atoms with van der Waals surface area (Å²) in [7, 11) is 0. The largest absolute Gasteiger partial charge is 0.395 e. The van der Waals surface area contributed by atoms with Crippen LogP contribution >= 0.6 is 35.6 Å². The summed E-state index contributed by atoms with van der Waals surface area (Å²) < 4.78 is 0. The number of hydrogen-bond acceptors (Lipinski definition) is 3. The Morgan fingerprint density at radius 1 is 1.40 bits per heavy atom. The van der Waals surface area contributed by atoms with E-state index in [4.69, 9.17) is 28.9 Å². The summed E-state index contributed by atoms with van der Waals surface area (Å²) in [5.41, 5.74) is 5.61. The molecule has 1 aromatic rings. The molecule has 1 aromatic heterocycles. The van der Waals surface area contributed by atoms with Gasteiger partial charge in [-0.25, -0.2) is 9.97 Å². The average molecular weight is 200 g/mol. The van der Waals surface area contributed by atoms with Gasteiger partial charge in [0.2, 0.25) is 5.28 Å². The van der Waals surface area contributed by atoms with Crippen molar-refractivity contribution >= 4 is 41.3 Å². The van der Waals surface area contributed by atoms with E-state index >= 15 is 0 Å². The molecule has 0 bridgehead atoms. The number of anilines is 1. The van der Waals surface area contributed by atoms with Crippen molar-refractivity contribution in [2.24, 2.45) is 0 Å². The molecule has 1 heterocycles. The van der Waals surface area contributed by atoms with Crippen LogP contribution < -0.4 is 5.73 Å². The molecule has 6 heteroatoms. The van der Waals surface area contributed by atoms with E-state index < -0.39 is 0 Å². The third-order valence-electron chi connectivity index (χ3n) is 0.739. The first-order valence-electron chi connectivity index (χ1n) is 2.13. The molecular formula is C4H4Cl3N3. The van der Waals surface area contributed by atoms with E-state index in [9.17, 15) is 0 Å². The molecule has 0 amide bonds. The van der Waals surface area contributed by atoms with Crippen LogP contribution in [0.3, 0.4) is 0 Å².